The van der Waals surface area contributed by atoms with Crippen LogP contribution in [0.5, 0.6) is 0 Å². The highest BCUT2D eigenvalue weighted by Gasteiger charge is 2.16. The van der Waals surface area contributed by atoms with Gasteiger partial charge in [0.1, 0.15) is 0 Å². The predicted molar refractivity (Wildman–Crippen MR) is 77.2 cm³/mol. The van der Waals surface area contributed by atoms with E-state index in [4.69, 9.17) is 11.6 Å². The smallest absolute Gasteiger partial charge is 0.240 e. The van der Waals surface area contributed by atoms with Gasteiger partial charge in [-0.1, -0.05) is 23.7 Å². The summed E-state index contributed by atoms with van der Waals surface area (Å²) in [6.07, 6.45) is 1.14. The first-order chi connectivity index (χ1) is 10.0. The minimum absolute atomic E-state index is 0.0377. The maximum absolute atomic E-state index is 12.2. The van der Waals surface area contributed by atoms with E-state index in [1.165, 1.54) is 6.07 Å². The maximum Gasteiger partial charge on any atom is 0.240 e. The van der Waals surface area contributed by atoms with Gasteiger partial charge in [-0.2, -0.15) is 4.98 Å². The Kier molecular flexibility index (Phi) is 5.29. The summed E-state index contributed by atoms with van der Waals surface area (Å²) < 4.78 is 31.4. The van der Waals surface area contributed by atoms with E-state index in [2.05, 4.69) is 24.7 Å². The van der Waals surface area contributed by atoms with E-state index in [0.717, 1.165) is 18.5 Å². The second-order valence-electron chi connectivity index (χ2n) is 4.21. The molecule has 0 radical (unpaired) electrons. The third-order valence-corrected chi connectivity index (χ3v) is 4.49. The quantitative estimate of drug-likeness (QED) is 0.794. The van der Waals surface area contributed by atoms with Crippen molar-refractivity contribution in [2.24, 2.45) is 0 Å². The fraction of sp³-hybridized carbons (Fsp3) is 0.333. The summed E-state index contributed by atoms with van der Waals surface area (Å²) in [5, 5.41) is 7.17. The molecule has 0 amide bonds. The first-order valence-electron chi connectivity index (χ1n) is 6.27. The summed E-state index contributed by atoms with van der Waals surface area (Å²) in [5.41, 5.74) is 0.723. The van der Waals surface area contributed by atoms with Gasteiger partial charge in [-0.15, -0.1) is 0 Å². The lowest BCUT2D eigenvalue weighted by Crippen LogP contribution is -2.24. The van der Waals surface area contributed by atoms with Crippen LogP contribution < -0.4 is 10.0 Å². The molecule has 0 aliphatic carbocycles. The summed E-state index contributed by atoms with van der Waals surface area (Å²) in [6.45, 7) is 3.19. The molecule has 9 heteroatoms. The molecular weight excluding hydrogens is 316 g/mol. The van der Waals surface area contributed by atoms with Gasteiger partial charge in [0.15, 0.2) is 5.82 Å². The number of halogens is 1. The zero-order valence-electron chi connectivity index (χ0n) is 11.3. The molecule has 0 unspecified atom stereocenters. The standard InChI is InChI=1S/C12H15ClN4O3S/c1-2-14-6-9-5-10(3-4-11(9)13)21(18,19)16-7-12-15-8-20-17-12/h3-5,8,14,16H,2,6-7H2,1H3. The van der Waals surface area contributed by atoms with Gasteiger partial charge < -0.3 is 9.84 Å². The average Bonchev–Trinajstić information content (AvgIpc) is 2.97. The second-order valence-corrected chi connectivity index (χ2v) is 6.38. The Morgan fingerprint density at radius 1 is 1.33 bits per heavy atom. The molecule has 0 atom stereocenters. The monoisotopic (exact) mass is 330 g/mol. The van der Waals surface area contributed by atoms with Crippen molar-refractivity contribution in [3.63, 3.8) is 0 Å². The van der Waals surface area contributed by atoms with E-state index in [-0.39, 0.29) is 17.3 Å². The van der Waals surface area contributed by atoms with Gasteiger partial charge in [0.2, 0.25) is 16.4 Å². The first kappa shape index (κ1) is 15.9. The van der Waals surface area contributed by atoms with Crippen LogP contribution in [-0.2, 0) is 23.1 Å². The number of hydrogen-bond donors (Lipinski definition) is 2. The van der Waals surface area contributed by atoms with Crippen LogP contribution in [0.4, 0.5) is 0 Å². The molecule has 0 saturated carbocycles. The lowest BCUT2D eigenvalue weighted by Gasteiger charge is -2.09. The number of aromatic nitrogens is 2. The van der Waals surface area contributed by atoms with Crippen molar-refractivity contribution in [3.8, 4) is 0 Å². The van der Waals surface area contributed by atoms with Crippen molar-refractivity contribution in [2.45, 2.75) is 24.9 Å². The Balaban J connectivity index is 2.15. The molecule has 2 rings (SSSR count). The number of rotatable bonds is 7. The summed E-state index contributed by atoms with van der Waals surface area (Å²) in [6, 6.07) is 4.57. The van der Waals surface area contributed by atoms with Crippen LogP contribution in [0.1, 0.15) is 18.3 Å². The second kappa shape index (κ2) is 6.99. The highest BCUT2D eigenvalue weighted by atomic mass is 35.5. The average molecular weight is 331 g/mol. The fourth-order valence-electron chi connectivity index (χ4n) is 1.63. The molecule has 0 aliphatic heterocycles. The molecule has 21 heavy (non-hydrogen) atoms. The van der Waals surface area contributed by atoms with Crippen molar-refractivity contribution in [1.29, 1.82) is 0 Å². The molecule has 1 aromatic heterocycles. The van der Waals surface area contributed by atoms with Crippen LogP contribution in [0.25, 0.3) is 0 Å². The normalized spacial score (nSPS) is 11.7. The maximum atomic E-state index is 12.2. The minimum Gasteiger partial charge on any atom is -0.343 e. The molecule has 0 bridgehead atoms. The van der Waals surface area contributed by atoms with E-state index in [1.54, 1.807) is 12.1 Å². The molecule has 0 fully saturated rings. The lowest BCUT2D eigenvalue weighted by molar-refractivity contribution is 0.409. The summed E-state index contributed by atoms with van der Waals surface area (Å²) >= 11 is 6.05. The van der Waals surface area contributed by atoms with Crippen LogP contribution in [0.15, 0.2) is 34.0 Å². The van der Waals surface area contributed by atoms with E-state index in [1.807, 2.05) is 6.92 Å². The Morgan fingerprint density at radius 3 is 2.81 bits per heavy atom. The van der Waals surface area contributed by atoms with Crippen LogP contribution in [-0.4, -0.2) is 25.1 Å². The number of hydrogen-bond acceptors (Lipinski definition) is 6. The zero-order valence-corrected chi connectivity index (χ0v) is 12.9. The van der Waals surface area contributed by atoms with Crippen molar-refractivity contribution in [3.05, 3.63) is 41.0 Å². The van der Waals surface area contributed by atoms with E-state index in [9.17, 15) is 8.42 Å². The van der Waals surface area contributed by atoms with Crippen LogP contribution in [0, 0.1) is 0 Å². The van der Waals surface area contributed by atoms with Gasteiger partial charge in [0.05, 0.1) is 11.4 Å². The van der Waals surface area contributed by atoms with Crippen molar-refractivity contribution in [1.82, 2.24) is 20.2 Å². The number of benzene rings is 1. The number of sulfonamides is 1. The molecule has 7 nitrogen and oxygen atoms in total. The molecule has 114 valence electrons. The third-order valence-electron chi connectivity index (χ3n) is 2.72. The topological polar surface area (TPSA) is 97.1 Å². The SMILES string of the molecule is CCNCc1cc(S(=O)(=O)NCc2ncon2)ccc1Cl. The van der Waals surface area contributed by atoms with Crippen molar-refractivity contribution < 1.29 is 12.9 Å². The van der Waals surface area contributed by atoms with Crippen LogP contribution in [0.2, 0.25) is 5.02 Å². The molecule has 2 aromatic rings. The molecule has 0 aliphatic rings. The lowest BCUT2D eigenvalue weighted by atomic mass is 10.2. The van der Waals surface area contributed by atoms with Gasteiger partial charge in [-0.25, -0.2) is 13.1 Å². The van der Waals surface area contributed by atoms with Crippen molar-refractivity contribution >= 4 is 21.6 Å². The van der Waals surface area contributed by atoms with Gasteiger partial charge in [-0.3, -0.25) is 0 Å². The molecular formula is C12H15ClN4O3S. The van der Waals surface area contributed by atoms with E-state index in [0.29, 0.717) is 11.6 Å². The largest absolute Gasteiger partial charge is 0.343 e. The zero-order chi connectivity index (χ0) is 15.3. The highest BCUT2D eigenvalue weighted by Crippen LogP contribution is 2.20. The highest BCUT2D eigenvalue weighted by molar-refractivity contribution is 7.89. The Morgan fingerprint density at radius 2 is 2.14 bits per heavy atom. The summed E-state index contributed by atoms with van der Waals surface area (Å²) in [7, 11) is -3.66. The van der Waals surface area contributed by atoms with E-state index < -0.39 is 10.0 Å². The summed E-state index contributed by atoms with van der Waals surface area (Å²) in [5.74, 6) is 0.264. The fourth-order valence-corrected chi connectivity index (χ4v) is 2.84. The van der Waals surface area contributed by atoms with Crippen LogP contribution in [0.3, 0.4) is 0 Å². The molecule has 1 heterocycles. The Hall–Kier alpha value is -1.48. The van der Waals surface area contributed by atoms with Crippen molar-refractivity contribution in [2.75, 3.05) is 6.54 Å². The van der Waals surface area contributed by atoms with Gasteiger partial charge in [-0.05, 0) is 30.3 Å². The minimum atomic E-state index is -3.66. The third kappa shape index (κ3) is 4.24. The molecule has 1 aromatic carbocycles. The van der Waals surface area contributed by atoms with E-state index >= 15 is 0 Å². The Bertz CT molecular complexity index is 689. The van der Waals surface area contributed by atoms with Crippen LogP contribution >= 0.6 is 11.6 Å². The molecule has 0 spiro atoms. The number of nitrogens with zero attached hydrogens (tertiary/aromatic N) is 2. The predicted octanol–water partition coefficient (Wildman–Crippen LogP) is 1.31. The molecule has 0 saturated heterocycles. The first-order valence-corrected chi connectivity index (χ1v) is 8.13. The Labute approximate surface area is 127 Å². The van der Waals surface area contributed by atoms with Gasteiger partial charge in [0.25, 0.3) is 0 Å². The van der Waals surface area contributed by atoms with Gasteiger partial charge in [0, 0.05) is 11.6 Å². The number of nitrogens with one attached hydrogen (secondary N) is 2. The summed E-state index contributed by atoms with van der Waals surface area (Å²) in [4.78, 5) is 3.89. The van der Waals surface area contributed by atoms with Gasteiger partial charge >= 0.3 is 0 Å². The molecule has 2 N–H and O–H groups in total.